The van der Waals surface area contributed by atoms with E-state index in [0.717, 1.165) is 55.8 Å². The SMILES string of the molecule is CC(C)(C)C1=CN(c2[c-]c(Oc3[c-]c4c(cc3)c3cc(C(C)(C)c5ccccc5)ccc3n4-c3cc(C(C)(C)C)ccn3)cc(-c3ccccc3)c2)[CH-]N1c1cc(-c2ccccc2)cc(C(C)(C)c2ccccc2)c1.[Pt]. The quantitative estimate of drug-likeness (QED) is 0.121. The Morgan fingerprint density at radius 3 is 1.66 bits per heavy atom. The topological polar surface area (TPSA) is 33.5 Å². The molecule has 0 N–H and O–H groups in total. The van der Waals surface area contributed by atoms with E-state index in [0.29, 0.717) is 11.5 Å². The van der Waals surface area contributed by atoms with E-state index in [9.17, 15) is 0 Å². The van der Waals surface area contributed by atoms with E-state index in [1.807, 2.05) is 12.3 Å². The Kier molecular flexibility index (Phi) is 13.9. The summed E-state index contributed by atoms with van der Waals surface area (Å²) in [4.78, 5) is 9.56. The Labute approximate surface area is 464 Å². The van der Waals surface area contributed by atoms with Crippen LogP contribution in [-0.4, -0.2) is 9.55 Å². The molecule has 11 rings (SSSR count). The van der Waals surface area contributed by atoms with Crippen LogP contribution in [-0.2, 0) is 37.3 Å². The smallest absolute Gasteiger partial charge is 0.135 e. The van der Waals surface area contributed by atoms with Crippen LogP contribution in [0, 0.1) is 24.2 Å². The Morgan fingerprint density at radius 1 is 0.461 bits per heavy atom. The number of ether oxygens (including phenoxy) is 1. The summed E-state index contributed by atoms with van der Waals surface area (Å²) in [7, 11) is 0. The Hall–Kier alpha value is -7.46. The first-order chi connectivity index (χ1) is 35.9. The summed E-state index contributed by atoms with van der Waals surface area (Å²) in [5.74, 6) is 2.01. The molecule has 8 aromatic carbocycles. The summed E-state index contributed by atoms with van der Waals surface area (Å²) < 4.78 is 9.24. The maximum absolute atomic E-state index is 7.00. The number of nitrogens with zero attached hydrogens (tertiary/aromatic N) is 4. The molecule has 0 aliphatic carbocycles. The predicted octanol–water partition coefficient (Wildman–Crippen LogP) is 18.2. The summed E-state index contributed by atoms with van der Waals surface area (Å²) in [5.41, 5.74) is 14.9. The third-order valence-corrected chi connectivity index (χ3v) is 15.2. The fraction of sp³-hybridized carbons (Fsp3) is 0.200. The standard InChI is InChI=1S/C70H65N4O.Pt/c1-67(2,3)54-35-36-71-66(43-54)74-63-34-31-55(69(7,8)52-27-19-13-20-28-52)42-62(63)61-33-32-59(45-64(61)74)75-60-40-51(49-25-17-12-18-26-49)38-57(44-60)72-46-65(68(4,5)6)73(47-72)58-39-50(48-23-15-11-16-24-48)37-56(41-58)70(9,10)53-29-21-14-22-30-53;/h11-43,46-47H,1-10H3;/q-3;. The third-order valence-electron chi connectivity index (χ3n) is 15.2. The van der Waals surface area contributed by atoms with E-state index >= 15 is 0 Å². The van der Waals surface area contributed by atoms with Crippen molar-refractivity contribution in [1.82, 2.24) is 9.55 Å². The molecule has 76 heavy (non-hydrogen) atoms. The van der Waals surface area contributed by atoms with Gasteiger partial charge in [-0.2, -0.15) is 6.07 Å². The van der Waals surface area contributed by atoms with Gasteiger partial charge in [-0.05, 0) is 91.8 Å². The van der Waals surface area contributed by atoms with Crippen LogP contribution in [0.4, 0.5) is 11.4 Å². The first kappa shape index (κ1) is 52.0. The maximum Gasteiger partial charge on any atom is 0.135 e. The van der Waals surface area contributed by atoms with Crippen molar-refractivity contribution < 1.29 is 25.8 Å². The number of fused-ring (bicyclic) bond motifs is 3. The average molecular weight is 1170 g/mol. The number of benzene rings is 8. The fourth-order valence-corrected chi connectivity index (χ4v) is 10.5. The van der Waals surface area contributed by atoms with E-state index in [2.05, 4.69) is 297 Å². The molecule has 0 radical (unpaired) electrons. The van der Waals surface area contributed by atoms with Gasteiger partial charge in [-0.15, -0.1) is 53.6 Å². The Bertz CT molecular complexity index is 3730. The van der Waals surface area contributed by atoms with Crippen LogP contribution in [0.2, 0.25) is 0 Å². The van der Waals surface area contributed by atoms with Gasteiger partial charge in [0.1, 0.15) is 5.82 Å². The summed E-state index contributed by atoms with van der Waals surface area (Å²) in [6.07, 6.45) is 4.18. The molecule has 384 valence electrons. The molecule has 0 bridgehead atoms. The Balaban J connectivity index is 0.00000657. The molecule has 5 nitrogen and oxygen atoms in total. The molecule has 0 atom stereocenters. The number of rotatable bonds is 11. The van der Waals surface area contributed by atoms with Crippen LogP contribution < -0.4 is 14.5 Å². The van der Waals surface area contributed by atoms with Gasteiger partial charge < -0.3 is 19.1 Å². The number of hydrogen-bond donors (Lipinski definition) is 0. The summed E-state index contributed by atoms with van der Waals surface area (Å²) in [6, 6.07) is 77.0. The molecule has 3 heterocycles. The molecule has 0 spiro atoms. The van der Waals surface area contributed by atoms with Crippen molar-refractivity contribution >= 4 is 33.2 Å². The van der Waals surface area contributed by atoms with Crippen molar-refractivity contribution in [2.45, 2.75) is 85.5 Å². The molecule has 0 unspecified atom stereocenters. The minimum absolute atomic E-state index is 0. The van der Waals surface area contributed by atoms with E-state index in [-0.39, 0.29) is 42.7 Å². The molecule has 1 aliphatic rings. The van der Waals surface area contributed by atoms with Crippen molar-refractivity contribution in [2.75, 3.05) is 9.80 Å². The van der Waals surface area contributed by atoms with Crippen LogP contribution in [0.3, 0.4) is 0 Å². The zero-order valence-electron chi connectivity index (χ0n) is 45.2. The van der Waals surface area contributed by atoms with Gasteiger partial charge in [0.25, 0.3) is 0 Å². The second-order valence-electron chi connectivity index (χ2n) is 23.2. The van der Waals surface area contributed by atoms with Crippen molar-refractivity contribution in [2.24, 2.45) is 5.41 Å². The molecule has 2 aromatic heterocycles. The number of aromatic nitrogens is 2. The summed E-state index contributed by atoms with van der Waals surface area (Å²) in [6.45, 7) is 25.0. The number of allylic oxidation sites excluding steroid dienone is 1. The second kappa shape index (κ2) is 20.2. The molecule has 10 aromatic rings. The number of pyridine rings is 1. The maximum atomic E-state index is 7.00. The van der Waals surface area contributed by atoms with Crippen LogP contribution in [0.15, 0.2) is 212 Å². The third kappa shape index (κ3) is 10.1. The van der Waals surface area contributed by atoms with Crippen molar-refractivity contribution in [3.63, 3.8) is 0 Å². The minimum Gasteiger partial charge on any atom is -0.509 e. The summed E-state index contributed by atoms with van der Waals surface area (Å²) >= 11 is 0. The zero-order valence-corrected chi connectivity index (χ0v) is 47.5. The van der Waals surface area contributed by atoms with Gasteiger partial charge in [0.2, 0.25) is 0 Å². The molecule has 0 saturated carbocycles. The Morgan fingerprint density at radius 2 is 1.05 bits per heavy atom. The summed E-state index contributed by atoms with van der Waals surface area (Å²) in [5, 5.41) is 2.21. The molecular weight excluding hydrogens is 1110 g/mol. The van der Waals surface area contributed by atoms with Gasteiger partial charge in [-0.1, -0.05) is 214 Å². The van der Waals surface area contributed by atoms with Crippen molar-refractivity contribution in [3.05, 3.63) is 259 Å². The van der Waals surface area contributed by atoms with E-state index in [1.54, 1.807) is 0 Å². The van der Waals surface area contributed by atoms with Gasteiger partial charge in [0.15, 0.2) is 0 Å². The van der Waals surface area contributed by atoms with Gasteiger partial charge >= 0.3 is 0 Å². The van der Waals surface area contributed by atoms with E-state index in [1.165, 1.54) is 38.9 Å². The van der Waals surface area contributed by atoms with Gasteiger partial charge in [0.05, 0.1) is 0 Å². The molecular formula is C70H65N4OPt-3. The predicted molar refractivity (Wildman–Crippen MR) is 313 cm³/mol. The first-order valence-electron chi connectivity index (χ1n) is 26.2. The largest absolute Gasteiger partial charge is 0.509 e. The van der Waals surface area contributed by atoms with Crippen LogP contribution in [0.1, 0.15) is 97.1 Å². The minimum atomic E-state index is -0.264. The number of anilines is 2. The first-order valence-corrected chi connectivity index (χ1v) is 26.2. The van der Waals surface area contributed by atoms with E-state index in [4.69, 9.17) is 9.72 Å². The second-order valence-corrected chi connectivity index (χ2v) is 23.2. The molecule has 6 heteroatoms. The molecule has 1 aliphatic heterocycles. The number of hydrogen-bond acceptors (Lipinski definition) is 4. The van der Waals surface area contributed by atoms with Crippen molar-refractivity contribution in [1.29, 1.82) is 0 Å². The van der Waals surface area contributed by atoms with Crippen LogP contribution in [0.25, 0.3) is 49.9 Å². The average Bonchev–Trinajstić information content (AvgIpc) is 4.05. The molecule has 0 fully saturated rings. The monoisotopic (exact) mass is 1170 g/mol. The van der Waals surface area contributed by atoms with Gasteiger partial charge in [-0.25, -0.2) is 4.98 Å². The van der Waals surface area contributed by atoms with Crippen molar-refractivity contribution in [3.8, 4) is 39.6 Å². The van der Waals surface area contributed by atoms with Crippen LogP contribution in [0.5, 0.6) is 11.5 Å². The fourth-order valence-electron chi connectivity index (χ4n) is 10.5. The normalized spacial score (nSPS) is 13.3. The molecule has 0 saturated heterocycles. The van der Waals surface area contributed by atoms with Gasteiger partial charge in [-0.3, -0.25) is 0 Å². The van der Waals surface area contributed by atoms with Gasteiger partial charge in [0, 0.05) is 71.9 Å². The zero-order chi connectivity index (χ0) is 52.3. The van der Waals surface area contributed by atoms with Crippen LogP contribution >= 0.6 is 0 Å². The van der Waals surface area contributed by atoms with E-state index < -0.39 is 0 Å². The molecule has 0 amide bonds.